The Morgan fingerprint density at radius 1 is 1.22 bits per heavy atom. The van der Waals surface area contributed by atoms with Crippen LogP contribution in [0.4, 0.5) is 0 Å². The maximum absolute atomic E-state index is 4.31. The first-order valence-corrected chi connectivity index (χ1v) is 4.51. The van der Waals surface area contributed by atoms with E-state index in [0.717, 1.165) is 5.52 Å². The molecule has 0 radical (unpaired) electrons. The number of fused-ring (bicyclic) bond motifs is 1. The third-order valence-electron chi connectivity index (χ3n) is 1.27. The Bertz CT molecular complexity index is 283. The van der Waals surface area contributed by atoms with E-state index in [9.17, 15) is 0 Å². The molecule has 0 saturated carbocycles. The van der Waals surface area contributed by atoms with Crippen LogP contribution in [0.5, 0.6) is 0 Å². The SMILES string of the molecule is c1ccc2n[se]cc2c1. The number of hydrogen-bond acceptors (Lipinski definition) is 1. The first kappa shape index (κ1) is 5.21. The van der Waals surface area contributed by atoms with Crippen LogP contribution in [0.2, 0.25) is 0 Å². The number of benzene rings is 1. The van der Waals surface area contributed by atoms with Gasteiger partial charge < -0.3 is 0 Å². The van der Waals surface area contributed by atoms with E-state index in [1.54, 1.807) is 0 Å². The summed E-state index contributed by atoms with van der Waals surface area (Å²) in [5.74, 6) is 0. The van der Waals surface area contributed by atoms with Gasteiger partial charge in [-0.2, -0.15) is 0 Å². The molecule has 0 amide bonds. The van der Waals surface area contributed by atoms with Gasteiger partial charge in [0.1, 0.15) is 0 Å². The second-order valence-electron chi connectivity index (χ2n) is 1.87. The molecule has 0 aliphatic heterocycles. The van der Waals surface area contributed by atoms with E-state index in [-0.39, 0.29) is 0 Å². The molecule has 2 rings (SSSR count). The van der Waals surface area contributed by atoms with E-state index in [1.807, 2.05) is 12.1 Å². The fraction of sp³-hybridized carbons (Fsp3) is 0. The van der Waals surface area contributed by atoms with Crippen molar-refractivity contribution in [1.82, 2.24) is 3.98 Å². The van der Waals surface area contributed by atoms with E-state index >= 15 is 0 Å². The van der Waals surface area contributed by atoms with E-state index in [4.69, 9.17) is 0 Å². The number of nitrogens with zero attached hydrogens (tertiary/aromatic N) is 1. The van der Waals surface area contributed by atoms with Crippen LogP contribution in [0.25, 0.3) is 10.9 Å². The molecule has 2 aromatic rings. The molecule has 9 heavy (non-hydrogen) atoms. The van der Waals surface area contributed by atoms with Crippen molar-refractivity contribution < 1.29 is 0 Å². The maximum atomic E-state index is 4.31. The summed E-state index contributed by atoms with van der Waals surface area (Å²) in [6, 6.07) is 8.23. The second kappa shape index (κ2) is 1.98. The standard InChI is InChI=1S/C7H5NSe/c1-2-4-7-6(3-1)5-9-8-7/h1-5H. The van der Waals surface area contributed by atoms with E-state index in [1.165, 1.54) is 5.39 Å². The number of aromatic nitrogens is 1. The fourth-order valence-corrected chi connectivity index (χ4v) is 2.16. The zero-order valence-electron chi connectivity index (χ0n) is 4.74. The summed E-state index contributed by atoms with van der Waals surface area (Å²) in [6.07, 6.45) is 0. The van der Waals surface area contributed by atoms with Gasteiger partial charge in [0.2, 0.25) is 0 Å². The molecular weight excluding hydrogens is 177 g/mol. The first-order valence-electron chi connectivity index (χ1n) is 2.76. The van der Waals surface area contributed by atoms with E-state index in [2.05, 4.69) is 21.1 Å². The van der Waals surface area contributed by atoms with Gasteiger partial charge in [-0.1, -0.05) is 0 Å². The van der Waals surface area contributed by atoms with Crippen molar-refractivity contribution in [2.75, 3.05) is 0 Å². The van der Waals surface area contributed by atoms with Crippen LogP contribution >= 0.6 is 0 Å². The van der Waals surface area contributed by atoms with Crippen LogP contribution in [-0.2, 0) is 0 Å². The van der Waals surface area contributed by atoms with Crippen molar-refractivity contribution in [3.63, 3.8) is 0 Å². The summed E-state index contributed by atoms with van der Waals surface area (Å²) in [5, 5.41) is 1.30. The quantitative estimate of drug-likeness (QED) is 0.559. The van der Waals surface area contributed by atoms with Crippen LogP contribution < -0.4 is 0 Å². The van der Waals surface area contributed by atoms with Crippen LogP contribution in [0.1, 0.15) is 0 Å². The molecule has 1 aromatic carbocycles. The molecule has 0 fully saturated rings. The molecule has 0 bridgehead atoms. The Morgan fingerprint density at radius 3 is 3.00 bits per heavy atom. The normalized spacial score (nSPS) is 10.2. The third-order valence-corrected chi connectivity index (χ3v) is 2.66. The molecule has 2 heteroatoms. The zero-order chi connectivity index (χ0) is 6.10. The van der Waals surface area contributed by atoms with E-state index < -0.39 is 0 Å². The van der Waals surface area contributed by atoms with Crippen molar-refractivity contribution >= 4 is 25.6 Å². The molecule has 0 aliphatic carbocycles. The van der Waals surface area contributed by atoms with Gasteiger partial charge in [0.15, 0.2) is 0 Å². The molecule has 1 nitrogen and oxygen atoms in total. The van der Waals surface area contributed by atoms with Gasteiger partial charge in [0.05, 0.1) is 0 Å². The molecule has 0 atom stereocenters. The van der Waals surface area contributed by atoms with Crippen molar-refractivity contribution in [2.24, 2.45) is 0 Å². The fourth-order valence-electron chi connectivity index (χ4n) is 0.810. The molecule has 0 saturated heterocycles. The van der Waals surface area contributed by atoms with Gasteiger partial charge in [-0.25, -0.2) is 0 Å². The van der Waals surface area contributed by atoms with Crippen LogP contribution in [0, 0.1) is 0 Å². The average molecular weight is 182 g/mol. The van der Waals surface area contributed by atoms with E-state index in [0.29, 0.717) is 14.7 Å². The summed E-state index contributed by atoms with van der Waals surface area (Å²) < 4.78 is 4.31. The summed E-state index contributed by atoms with van der Waals surface area (Å²) in [5.41, 5.74) is 1.16. The second-order valence-corrected chi connectivity index (χ2v) is 3.19. The predicted octanol–water partition coefficient (Wildman–Crippen LogP) is 1.29. The predicted molar refractivity (Wildman–Crippen MR) is 38.7 cm³/mol. The molecule has 0 N–H and O–H groups in total. The number of rotatable bonds is 0. The molecule has 0 aliphatic rings. The summed E-state index contributed by atoms with van der Waals surface area (Å²) in [6.45, 7) is 0. The molecule has 44 valence electrons. The monoisotopic (exact) mass is 183 g/mol. The Balaban J connectivity index is 2.95. The van der Waals surface area contributed by atoms with Crippen molar-refractivity contribution in [3.05, 3.63) is 29.2 Å². The zero-order valence-corrected chi connectivity index (χ0v) is 6.46. The van der Waals surface area contributed by atoms with Gasteiger partial charge in [-0.05, 0) is 0 Å². The molecule has 1 heterocycles. The van der Waals surface area contributed by atoms with Crippen LogP contribution in [0.15, 0.2) is 29.2 Å². The molecule has 0 unspecified atom stereocenters. The van der Waals surface area contributed by atoms with Crippen LogP contribution in [-0.4, -0.2) is 18.7 Å². The minimum atomic E-state index is 0.379. The van der Waals surface area contributed by atoms with Crippen molar-refractivity contribution in [3.8, 4) is 0 Å². The molecule has 0 spiro atoms. The van der Waals surface area contributed by atoms with Crippen molar-refractivity contribution in [2.45, 2.75) is 0 Å². The van der Waals surface area contributed by atoms with Gasteiger partial charge in [0, 0.05) is 0 Å². The van der Waals surface area contributed by atoms with Crippen molar-refractivity contribution in [1.29, 1.82) is 0 Å². The summed E-state index contributed by atoms with van der Waals surface area (Å²) in [4.78, 5) is 2.20. The molecular formula is C7H5NSe. The molecule has 1 aromatic heterocycles. The van der Waals surface area contributed by atoms with Crippen LogP contribution in [0.3, 0.4) is 0 Å². The minimum absolute atomic E-state index is 0.379. The third kappa shape index (κ3) is 0.805. The summed E-state index contributed by atoms with van der Waals surface area (Å²) in [7, 11) is 0. The van der Waals surface area contributed by atoms with Gasteiger partial charge in [0.25, 0.3) is 0 Å². The Labute approximate surface area is 59.3 Å². The van der Waals surface area contributed by atoms with Gasteiger partial charge in [-0.3, -0.25) is 0 Å². The first-order chi connectivity index (χ1) is 4.47. The topological polar surface area (TPSA) is 12.9 Å². The Hall–Kier alpha value is -0.591. The average Bonchev–Trinajstić information content (AvgIpc) is 2.33. The summed E-state index contributed by atoms with van der Waals surface area (Å²) >= 11 is 0.379. The van der Waals surface area contributed by atoms with Gasteiger partial charge in [-0.15, -0.1) is 0 Å². The van der Waals surface area contributed by atoms with Gasteiger partial charge >= 0.3 is 58.8 Å². The Kier molecular flexibility index (Phi) is 1.15. The Morgan fingerprint density at radius 2 is 2.11 bits per heavy atom. The number of hydrogen-bond donors (Lipinski definition) is 0.